The van der Waals surface area contributed by atoms with Gasteiger partial charge < -0.3 is 10.5 Å². The predicted octanol–water partition coefficient (Wildman–Crippen LogP) is 3.08. The average Bonchev–Trinajstić information content (AvgIpc) is 3.06. The summed E-state index contributed by atoms with van der Waals surface area (Å²) < 4.78 is 5.82. The second-order valence-corrected chi connectivity index (χ2v) is 5.45. The van der Waals surface area contributed by atoms with Crippen LogP contribution < -0.4 is 10.5 Å². The predicted molar refractivity (Wildman–Crippen MR) is 74.4 cm³/mol. The molecule has 0 radical (unpaired) electrons. The lowest BCUT2D eigenvalue weighted by Gasteiger charge is -2.15. The molecule has 0 aromatic heterocycles. The fourth-order valence-electron chi connectivity index (χ4n) is 1.98. The van der Waals surface area contributed by atoms with Crippen molar-refractivity contribution in [3.63, 3.8) is 0 Å². The van der Waals surface area contributed by atoms with Crippen molar-refractivity contribution >= 4 is 17.2 Å². The number of rotatable bonds is 6. The maximum Gasteiger partial charge on any atom is 0.119 e. The maximum atomic E-state index is 5.82. The highest BCUT2D eigenvalue weighted by molar-refractivity contribution is 7.80. The average molecular weight is 249 g/mol. The van der Waals surface area contributed by atoms with E-state index < -0.39 is 0 Å². The number of hydrogen-bond acceptors (Lipinski definition) is 2. The molecular weight excluding hydrogens is 230 g/mol. The Morgan fingerprint density at radius 2 is 2.00 bits per heavy atom. The zero-order valence-electron chi connectivity index (χ0n) is 10.2. The third-order valence-corrected chi connectivity index (χ3v) is 3.53. The molecule has 92 valence electrons. The topological polar surface area (TPSA) is 35.2 Å². The van der Waals surface area contributed by atoms with Gasteiger partial charge in [-0.05, 0) is 37.0 Å². The van der Waals surface area contributed by atoms with Crippen LogP contribution in [0.4, 0.5) is 0 Å². The molecule has 3 heteroatoms. The first-order chi connectivity index (χ1) is 8.13. The van der Waals surface area contributed by atoms with Crippen LogP contribution in [0.1, 0.15) is 31.7 Å². The third kappa shape index (κ3) is 3.43. The van der Waals surface area contributed by atoms with E-state index in [1.54, 1.807) is 0 Å². The van der Waals surface area contributed by atoms with Gasteiger partial charge in [0.05, 0.1) is 11.6 Å². The highest BCUT2D eigenvalue weighted by atomic mass is 32.1. The molecule has 0 aliphatic heterocycles. The van der Waals surface area contributed by atoms with E-state index in [2.05, 4.69) is 19.1 Å². The number of aryl methyl sites for hydroxylation is 1. The zero-order valence-corrected chi connectivity index (χ0v) is 11.1. The first-order valence-electron chi connectivity index (χ1n) is 6.14. The van der Waals surface area contributed by atoms with E-state index in [-0.39, 0.29) is 5.41 Å². The first kappa shape index (κ1) is 12.4. The quantitative estimate of drug-likeness (QED) is 0.787. The standard InChI is InChI=1S/C14H19NOS/c1-2-11-3-5-12(6-4-11)16-10-14(7-8-14)9-13(15)17/h3-6H,2,7-10H2,1H3,(H2,15,17). The van der Waals surface area contributed by atoms with Crippen LogP contribution in [0, 0.1) is 5.41 Å². The van der Waals surface area contributed by atoms with Crippen LogP contribution >= 0.6 is 12.2 Å². The molecule has 0 heterocycles. The van der Waals surface area contributed by atoms with Crippen LogP contribution in [0.5, 0.6) is 5.75 Å². The molecule has 1 saturated carbocycles. The van der Waals surface area contributed by atoms with Gasteiger partial charge in [0.15, 0.2) is 0 Å². The van der Waals surface area contributed by atoms with Crippen molar-refractivity contribution in [1.82, 2.24) is 0 Å². The Kier molecular flexibility index (Phi) is 3.67. The van der Waals surface area contributed by atoms with Gasteiger partial charge in [-0.25, -0.2) is 0 Å². The van der Waals surface area contributed by atoms with Crippen LogP contribution in [0.15, 0.2) is 24.3 Å². The highest BCUT2D eigenvalue weighted by Gasteiger charge is 2.43. The van der Waals surface area contributed by atoms with Gasteiger partial charge >= 0.3 is 0 Å². The van der Waals surface area contributed by atoms with E-state index in [0.717, 1.165) is 25.2 Å². The van der Waals surface area contributed by atoms with Gasteiger partial charge in [0.1, 0.15) is 5.75 Å². The second-order valence-electron chi connectivity index (χ2n) is 4.93. The Morgan fingerprint density at radius 3 is 2.47 bits per heavy atom. The number of nitrogens with two attached hydrogens (primary N) is 1. The lowest BCUT2D eigenvalue weighted by molar-refractivity contribution is 0.239. The van der Waals surface area contributed by atoms with Crippen molar-refractivity contribution in [2.24, 2.45) is 11.1 Å². The summed E-state index contributed by atoms with van der Waals surface area (Å²) >= 11 is 4.97. The highest BCUT2D eigenvalue weighted by Crippen LogP contribution is 2.48. The van der Waals surface area contributed by atoms with Crippen molar-refractivity contribution in [1.29, 1.82) is 0 Å². The van der Waals surface area contributed by atoms with Crippen LogP contribution in [0.25, 0.3) is 0 Å². The molecule has 0 spiro atoms. The minimum absolute atomic E-state index is 0.231. The molecule has 2 rings (SSSR count). The molecular formula is C14H19NOS. The molecule has 1 fully saturated rings. The van der Waals surface area contributed by atoms with Crippen molar-refractivity contribution in [2.45, 2.75) is 32.6 Å². The summed E-state index contributed by atoms with van der Waals surface area (Å²) in [5.41, 5.74) is 7.17. The molecule has 0 bridgehead atoms. The molecule has 0 amide bonds. The minimum atomic E-state index is 0.231. The van der Waals surface area contributed by atoms with E-state index >= 15 is 0 Å². The van der Waals surface area contributed by atoms with Crippen LogP contribution in [-0.4, -0.2) is 11.6 Å². The SMILES string of the molecule is CCc1ccc(OCC2(CC(N)=S)CC2)cc1. The van der Waals surface area contributed by atoms with Crippen molar-refractivity contribution in [3.8, 4) is 5.75 Å². The number of hydrogen-bond donors (Lipinski definition) is 1. The molecule has 1 aliphatic rings. The molecule has 0 saturated heterocycles. The normalized spacial score (nSPS) is 16.5. The van der Waals surface area contributed by atoms with Gasteiger partial charge in [-0.1, -0.05) is 31.3 Å². The summed E-state index contributed by atoms with van der Waals surface area (Å²) in [6.07, 6.45) is 4.23. The summed E-state index contributed by atoms with van der Waals surface area (Å²) in [5, 5.41) is 0. The zero-order chi connectivity index (χ0) is 12.3. The summed E-state index contributed by atoms with van der Waals surface area (Å²) in [6.45, 7) is 2.88. The Labute approximate surface area is 108 Å². The molecule has 1 aliphatic carbocycles. The van der Waals surface area contributed by atoms with Crippen molar-refractivity contribution < 1.29 is 4.74 Å². The van der Waals surface area contributed by atoms with Gasteiger partial charge in [-0.2, -0.15) is 0 Å². The van der Waals surface area contributed by atoms with Gasteiger partial charge in [0, 0.05) is 11.8 Å². The molecule has 2 nitrogen and oxygen atoms in total. The molecule has 1 aromatic rings. The van der Waals surface area contributed by atoms with Crippen LogP contribution in [-0.2, 0) is 6.42 Å². The summed E-state index contributed by atoms with van der Waals surface area (Å²) in [5.74, 6) is 0.941. The van der Waals surface area contributed by atoms with E-state index in [0.29, 0.717) is 4.99 Å². The largest absolute Gasteiger partial charge is 0.493 e. The summed E-state index contributed by atoms with van der Waals surface area (Å²) in [6, 6.07) is 8.30. The van der Waals surface area contributed by atoms with Gasteiger partial charge in [-0.15, -0.1) is 0 Å². The number of benzene rings is 1. The summed E-state index contributed by atoms with van der Waals surface area (Å²) in [7, 11) is 0. The Hall–Kier alpha value is -1.09. The molecule has 2 N–H and O–H groups in total. The fourth-order valence-corrected chi connectivity index (χ4v) is 2.28. The molecule has 17 heavy (non-hydrogen) atoms. The monoisotopic (exact) mass is 249 g/mol. The molecule has 1 aromatic carbocycles. The van der Waals surface area contributed by atoms with Gasteiger partial charge in [0.25, 0.3) is 0 Å². The van der Waals surface area contributed by atoms with E-state index in [1.165, 1.54) is 18.4 Å². The smallest absolute Gasteiger partial charge is 0.119 e. The van der Waals surface area contributed by atoms with E-state index in [4.69, 9.17) is 22.7 Å². The molecule has 0 unspecified atom stereocenters. The third-order valence-electron chi connectivity index (χ3n) is 3.38. The lowest BCUT2D eigenvalue weighted by Crippen LogP contribution is -2.20. The van der Waals surface area contributed by atoms with E-state index in [9.17, 15) is 0 Å². The van der Waals surface area contributed by atoms with Gasteiger partial charge in [-0.3, -0.25) is 0 Å². The lowest BCUT2D eigenvalue weighted by atomic mass is 10.0. The van der Waals surface area contributed by atoms with Gasteiger partial charge in [0.2, 0.25) is 0 Å². The maximum absolute atomic E-state index is 5.82. The number of thiocarbonyl (C=S) groups is 1. The molecule has 0 atom stereocenters. The Bertz CT molecular complexity index is 395. The summed E-state index contributed by atoms with van der Waals surface area (Å²) in [4.78, 5) is 0.604. The van der Waals surface area contributed by atoms with Crippen LogP contribution in [0.3, 0.4) is 0 Å². The fraction of sp³-hybridized carbons (Fsp3) is 0.500. The minimum Gasteiger partial charge on any atom is -0.493 e. The Balaban J connectivity index is 1.87. The first-order valence-corrected chi connectivity index (χ1v) is 6.54. The van der Waals surface area contributed by atoms with Crippen LogP contribution in [0.2, 0.25) is 0 Å². The van der Waals surface area contributed by atoms with E-state index in [1.807, 2.05) is 12.1 Å². The second kappa shape index (κ2) is 5.05. The van der Waals surface area contributed by atoms with Crippen molar-refractivity contribution in [3.05, 3.63) is 29.8 Å². The number of ether oxygens (including phenoxy) is 1. The Morgan fingerprint density at radius 1 is 1.35 bits per heavy atom. The van der Waals surface area contributed by atoms with Crippen molar-refractivity contribution in [2.75, 3.05) is 6.61 Å².